The molecule has 0 N–H and O–H groups in total. The Bertz CT molecular complexity index is 1120. The van der Waals surface area contributed by atoms with Crippen LogP contribution in [0.2, 0.25) is 0 Å². The molecule has 0 unspecified atom stereocenters. The number of benzene rings is 3. The van der Waals surface area contributed by atoms with E-state index in [0.717, 1.165) is 21.9 Å². The third-order valence-electron chi connectivity index (χ3n) is 4.17. The van der Waals surface area contributed by atoms with Crippen LogP contribution in [0.15, 0.2) is 78.9 Å². The summed E-state index contributed by atoms with van der Waals surface area (Å²) in [6.07, 6.45) is 0. The van der Waals surface area contributed by atoms with Gasteiger partial charge in [-0.1, -0.05) is 72.0 Å². The number of hydrogen-bond donors (Lipinski definition) is 0. The monoisotopic (exact) mass is 325 g/mol. The van der Waals surface area contributed by atoms with Gasteiger partial charge in [0.1, 0.15) is 0 Å². The summed E-state index contributed by atoms with van der Waals surface area (Å²) in [6, 6.07) is 30.4. The quantitative estimate of drug-likeness (QED) is 0.406. The lowest BCUT2D eigenvalue weighted by atomic mass is 10.1. The van der Waals surface area contributed by atoms with Crippen molar-refractivity contribution in [3.8, 4) is 16.4 Å². The molecule has 0 saturated carbocycles. The molecule has 0 bridgehead atoms. The molecular formula is C21H13N2S. The lowest BCUT2D eigenvalue weighted by Crippen LogP contribution is -1.95. The second kappa shape index (κ2) is 5.32. The summed E-state index contributed by atoms with van der Waals surface area (Å²) in [6.45, 7) is 0. The highest BCUT2D eigenvalue weighted by atomic mass is 32.1. The Morgan fingerprint density at radius 3 is 2.58 bits per heavy atom. The number of hydrogen-bond acceptors (Lipinski definition) is 2. The van der Waals surface area contributed by atoms with Gasteiger partial charge in [0.2, 0.25) is 0 Å². The average Bonchev–Trinajstić information content (AvgIpc) is 3.23. The Balaban J connectivity index is 1.86. The molecule has 0 amide bonds. The predicted molar refractivity (Wildman–Crippen MR) is 101 cm³/mol. The second-order valence-electron chi connectivity index (χ2n) is 5.67. The van der Waals surface area contributed by atoms with E-state index in [1.807, 2.05) is 24.3 Å². The summed E-state index contributed by atoms with van der Waals surface area (Å²) in [4.78, 5) is 4.85. The van der Waals surface area contributed by atoms with Crippen LogP contribution < -0.4 is 0 Å². The number of aromatic nitrogens is 2. The second-order valence-corrected chi connectivity index (χ2v) is 6.68. The first kappa shape index (κ1) is 13.5. The van der Waals surface area contributed by atoms with E-state index in [4.69, 9.17) is 4.98 Å². The molecule has 2 nitrogen and oxygen atoms in total. The fraction of sp³-hybridized carbons (Fsp3) is 0. The van der Waals surface area contributed by atoms with Crippen LogP contribution in [0.25, 0.3) is 37.5 Å². The molecule has 1 radical (unpaired) electrons. The first-order valence-electron chi connectivity index (χ1n) is 7.84. The topological polar surface area (TPSA) is 17.8 Å². The summed E-state index contributed by atoms with van der Waals surface area (Å²) in [5, 5.41) is 2.16. The van der Waals surface area contributed by atoms with Gasteiger partial charge in [0.25, 0.3) is 0 Å². The van der Waals surface area contributed by atoms with E-state index in [-0.39, 0.29) is 0 Å². The van der Waals surface area contributed by atoms with E-state index in [2.05, 4.69) is 65.2 Å². The van der Waals surface area contributed by atoms with Gasteiger partial charge in [-0.25, -0.2) is 4.98 Å². The Morgan fingerprint density at radius 1 is 0.875 bits per heavy atom. The van der Waals surface area contributed by atoms with E-state index >= 15 is 0 Å². The van der Waals surface area contributed by atoms with Gasteiger partial charge in [0.05, 0.1) is 21.4 Å². The first-order chi connectivity index (χ1) is 11.9. The molecule has 0 aliphatic carbocycles. The zero-order valence-electron chi connectivity index (χ0n) is 12.8. The predicted octanol–water partition coefficient (Wildman–Crippen LogP) is 5.71. The van der Waals surface area contributed by atoms with Crippen molar-refractivity contribution in [3.05, 3.63) is 84.9 Å². The van der Waals surface area contributed by atoms with Crippen LogP contribution in [0, 0.1) is 6.07 Å². The summed E-state index contributed by atoms with van der Waals surface area (Å²) in [7, 11) is 0. The van der Waals surface area contributed by atoms with Crippen LogP contribution in [0.4, 0.5) is 0 Å². The van der Waals surface area contributed by atoms with Crippen molar-refractivity contribution in [3.63, 3.8) is 0 Å². The number of rotatable bonds is 2. The summed E-state index contributed by atoms with van der Waals surface area (Å²) in [5.74, 6) is 0. The van der Waals surface area contributed by atoms with Crippen molar-refractivity contribution in [1.82, 2.24) is 9.55 Å². The van der Waals surface area contributed by atoms with E-state index in [0.29, 0.717) is 0 Å². The van der Waals surface area contributed by atoms with E-state index < -0.39 is 0 Å². The van der Waals surface area contributed by atoms with Gasteiger partial charge in [-0.15, -0.1) is 0 Å². The highest BCUT2D eigenvalue weighted by Crippen LogP contribution is 2.34. The van der Waals surface area contributed by atoms with Crippen molar-refractivity contribution in [2.75, 3.05) is 0 Å². The van der Waals surface area contributed by atoms with Gasteiger partial charge < -0.3 is 0 Å². The summed E-state index contributed by atoms with van der Waals surface area (Å²) in [5.41, 5.74) is 4.43. The van der Waals surface area contributed by atoms with Gasteiger partial charge in [-0.05, 0) is 23.8 Å². The van der Waals surface area contributed by atoms with Crippen molar-refractivity contribution in [2.24, 2.45) is 0 Å². The Kier molecular flexibility index (Phi) is 3.00. The zero-order valence-corrected chi connectivity index (χ0v) is 13.6. The van der Waals surface area contributed by atoms with Gasteiger partial charge in [-0.2, -0.15) is 0 Å². The molecule has 24 heavy (non-hydrogen) atoms. The number of nitrogens with zero attached hydrogens (tertiary/aromatic N) is 2. The molecule has 5 aromatic rings. The maximum absolute atomic E-state index is 4.85. The van der Waals surface area contributed by atoms with E-state index in [9.17, 15) is 0 Å². The van der Waals surface area contributed by atoms with Crippen LogP contribution in [0.3, 0.4) is 0 Å². The lowest BCUT2D eigenvalue weighted by molar-refractivity contribution is 1.11. The molecule has 0 saturated heterocycles. The van der Waals surface area contributed by atoms with Gasteiger partial charge in [-0.3, -0.25) is 4.57 Å². The minimum Gasteiger partial charge on any atom is -0.285 e. The lowest BCUT2D eigenvalue weighted by Gasteiger charge is -2.07. The maximum Gasteiger partial charge on any atom is 0.195 e. The molecule has 0 aliphatic rings. The standard InChI is InChI=1S/C21H13N2S/c1-2-8-15(9-3-1)19-14-16-10-4-6-12-18(16)23(19)21-22-17-11-5-7-13-20(17)24-21/h1-11,13-14H. The van der Waals surface area contributed by atoms with Crippen LogP contribution in [0.5, 0.6) is 0 Å². The number of fused-ring (bicyclic) bond motifs is 2. The molecule has 3 heteroatoms. The maximum atomic E-state index is 4.85. The van der Waals surface area contributed by atoms with Crippen LogP contribution >= 0.6 is 11.3 Å². The van der Waals surface area contributed by atoms with Crippen LogP contribution in [0.1, 0.15) is 0 Å². The minimum absolute atomic E-state index is 0.979. The molecular weight excluding hydrogens is 312 g/mol. The molecule has 5 rings (SSSR count). The third-order valence-corrected chi connectivity index (χ3v) is 5.19. The third kappa shape index (κ3) is 2.06. The van der Waals surface area contributed by atoms with E-state index in [1.165, 1.54) is 15.6 Å². The van der Waals surface area contributed by atoms with E-state index in [1.54, 1.807) is 11.3 Å². The Hall–Kier alpha value is -2.91. The largest absolute Gasteiger partial charge is 0.285 e. The molecule has 113 valence electrons. The molecule has 2 aromatic heterocycles. The van der Waals surface area contributed by atoms with Crippen LogP contribution in [-0.4, -0.2) is 9.55 Å². The van der Waals surface area contributed by atoms with Crippen molar-refractivity contribution >= 4 is 32.5 Å². The molecule has 0 spiro atoms. The molecule has 0 fully saturated rings. The molecule has 2 heterocycles. The Morgan fingerprint density at radius 2 is 1.71 bits per heavy atom. The number of para-hydroxylation sites is 2. The van der Waals surface area contributed by atoms with Gasteiger partial charge in [0.15, 0.2) is 5.13 Å². The first-order valence-corrected chi connectivity index (χ1v) is 8.65. The fourth-order valence-corrected chi connectivity index (χ4v) is 4.05. The van der Waals surface area contributed by atoms with Crippen molar-refractivity contribution < 1.29 is 0 Å². The summed E-state index contributed by atoms with van der Waals surface area (Å²) < 4.78 is 3.42. The van der Waals surface area contributed by atoms with Crippen molar-refractivity contribution in [1.29, 1.82) is 0 Å². The molecule has 0 atom stereocenters. The highest BCUT2D eigenvalue weighted by molar-refractivity contribution is 7.20. The minimum atomic E-state index is 0.979. The highest BCUT2D eigenvalue weighted by Gasteiger charge is 2.15. The molecule has 3 aromatic carbocycles. The van der Waals surface area contributed by atoms with Gasteiger partial charge >= 0.3 is 0 Å². The van der Waals surface area contributed by atoms with Crippen LogP contribution in [-0.2, 0) is 0 Å². The smallest absolute Gasteiger partial charge is 0.195 e. The SMILES string of the molecule is [c]1cccc2cc(-c3ccccc3)n(-c3nc4ccccc4s3)c12. The summed E-state index contributed by atoms with van der Waals surface area (Å²) >= 11 is 1.71. The molecule has 0 aliphatic heterocycles. The normalized spacial score (nSPS) is 11.3. The van der Waals surface area contributed by atoms with Crippen molar-refractivity contribution in [2.45, 2.75) is 0 Å². The fourth-order valence-electron chi connectivity index (χ4n) is 3.06. The zero-order chi connectivity index (χ0) is 15.9. The van der Waals surface area contributed by atoms with Gasteiger partial charge in [0, 0.05) is 11.5 Å². The number of thiazole rings is 1. The average molecular weight is 325 g/mol. The Labute approximate surface area is 143 Å².